The van der Waals surface area contributed by atoms with Gasteiger partial charge in [0.2, 0.25) is 23.0 Å². The molecule has 8 nitrogen and oxygen atoms in total. The van der Waals surface area contributed by atoms with Gasteiger partial charge in [0.25, 0.3) is 0 Å². The summed E-state index contributed by atoms with van der Waals surface area (Å²) in [7, 11) is 0. The van der Waals surface area contributed by atoms with Crippen LogP contribution in [-0.4, -0.2) is 46.0 Å². The number of rotatable bonds is 3. The minimum absolute atomic E-state index is 0.0206. The predicted molar refractivity (Wildman–Crippen MR) is 66.0 cm³/mol. The molecule has 102 valence electrons. The maximum Gasteiger partial charge on any atom is 0.322 e. The molecule has 1 aliphatic heterocycles. The molecular formula is C10H12ClN5O3. The number of piperazine rings is 1. The number of amides is 2. The normalized spacial score (nSPS) is 15.7. The number of carbonyl (C=O) groups is 2. The highest BCUT2D eigenvalue weighted by Gasteiger charge is 2.25. The summed E-state index contributed by atoms with van der Waals surface area (Å²) in [4.78, 5) is 35.7. The van der Waals surface area contributed by atoms with Gasteiger partial charge in [0.15, 0.2) is 0 Å². The van der Waals surface area contributed by atoms with E-state index in [0.717, 1.165) is 0 Å². The van der Waals surface area contributed by atoms with Crippen LogP contribution in [0, 0.1) is 0 Å². The fraction of sp³-hybridized carbons (Fsp3) is 0.500. The Kier molecular flexibility index (Phi) is 3.79. The lowest BCUT2D eigenvalue weighted by atomic mass is 10.3. The van der Waals surface area contributed by atoms with Crippen molar-refractivity contribution in [2.45, 2.75) is 20.0 Å². The molecule has 9 heteroatoms. The highest BCUT2D eigenvalue weighted by Crippen LogP contribution is 2.16. The van der Waals surface area contributed by atoms with Gasteiger partial charge in [-0.1, -0.05) is 0 Å². The molecule has 0 radical (unpaired) electrons. The second-order valence-electron chi connectivity index (χ2n) is 4.18. The van der Waals surface area contributed by atoms with E-state index in [0.29, 0.717) is 0 Å². The number of halogens is 1. The van der Waals surface area contributed by atoms with Crippen LogP contribution in [0.25, 0.3) is 0 Å². The maximum atomic E-state index is 11.3. The first-order valence-corrected chi connectivity index (χ1v) is 5.97. The Morgan fingerprint density at radius 2 is 1.84 bits per heavy atom. The van der Waals surface area contributed by atoms with Crippen LogP contribution in [0.4, 0.5) is 5.95 Å². The highest BCUT2D eigenvalue weighted by molar-refractivity contribution is 6.28. The minimum atomic E-state index is -0.417. The van der Waals surface area contributed by atoms with E-state index in [4.69, 9.17) is 16.3 Å². The van der Waals surface area contributed by atoms with E-state index < -0.39 is 11.8 Å². The van der Waals surface area contributed by atoms with Crippen LogP contribution < -0.4 is 15.0 Å². The van der Waals surface area contributed by atoms with Crippen LogP contribution in [-0.2, 0) is 9.59 Å². The molecule has 0 bridgehead atoms. The number of carbonyl (C=O) groups excluding carboxylic acids is 2. The van der Waals surface area contributed by atoms with E-state index in [-0.39, 0.29) is 36.4 Å². The molecule has 2 heterocycles. The Labute approximate surface area is 114 Å². The Morgan fingerprint density at radius 1 is 1.21 bits per heavy atom. The molecule has 0 atom stereocenters. The lowest BCUT2D eigenvalue weighted by molar-refractivity contribution is -0.130. The van der Waals surface area contributed by atoms with E-state index >= 15 is 0 Å². The Hall–Kier alpha value is -1.96. The van der Waals surface area contributed by atoms with Gasteiger partial charge in [-0.3, -0.25) is 14.9 Å². The van der Waals surface area contributed by atoms with Crippen molar-refractivity contribution in [1.29, 1.82) is 0 Å². The lowest BCUT2D eigenvalue weighted by Gasteiger charge is -2.25. The van der Waals surface area contributed by atoms with Gasteiger partial charge in [-0.15, -0.1) is 0 Å². The summed E-state index contributed by atoms with van der Waals surface area (Å²) < 4.78 is 5.32. The van der Waals surface area contributed by atoms with Crippen molar-refractivity contribution in [3.8, 4) is 6.01 Å². The number of imide groups is 1. The van der Waals surface area contributed by atoms with Gasteiger partial charge in [-0.05, 0) is 25.4 Å². The zero-order chi connectivity index (χ0) is 14.0. The van der Waals surface area contributed by atoms with Gasteiger partial charge in [0.1, 0.15) is 13.1 Å². The van der Waals surface area contributed by atoms with E-state index in [1.807, 2.05) is 13.8 Å². The SMILES string of the molecule is CC(C)Oc1nc(Cl)nc(N2CC(=O)NC(=O)C2)n1. The van der Waals surface area contributed by atoms with Crippen LogP contribution >= 0.6 is 11.6 Å². The molecule has 0 saturated carbocycles. The number of hydrogen-bond acceptors (Lipinski definition) is 7. The summed E-state index contributed by atoms with van der Waals surface area (Å²) in [6, 6.07) is 0.0587. The summed E-state index contributed by atoms with van der Waals surface area (Å²) >= 11 is 5.77. The zero-order valence-electron chi connectivity index (χ0n) is 10.4. The molecule has 1 N–H and O–H groups in total. The fourth-order valence-corrected chi connectivity index (χ4v) is 1.65. The third-order valence-corrected chi connectivity index (χ3v) is 2.32. The highest BCUT2D eigenvalue weighted by atomic mass is 35.5. The molecule has 19 heavy (non-hydrogen) atoms. The summed E-state index contributed by atoms with van der Waals surface area (Å²) in [6.07, 6.45) is -0.127. The smallest absolute Gasteiger partial charge is 0.322 e. The summed E-state index contributed by atoms with van der Waals surface area (Å²) in [6.45, 7) is 3.59. The average molecular weight is 286 g/mol. The van der Waals surface area contributed by atoms with E-state index in [1.54, 1.807) is 0 Å². The first kappa shape index (κ1) is 13.5. The maximum absolute atomic E-state index is 11.3. The minimum Gasteiger partial charge on any atom is -0.461 e. The number of ether oxygens (including phenoxy) is 1. The molecule has 0 aliphatic carbocycles. The van der Waals surface area contributed by atoms with E-state index in [9.17, 15) is 9.59 Å². The van der Waals surface area contributed by atoms with Crippen molar-refractivity contribution in [2.75, 3.05) is 18.0 Å². The standard InChI is InChI=1S/C10H12ClN5O3/c1-5(2)19-10-14-8(11)13-9(15-10)16-3-6(17)12-7(18)4-16/h5H,3-4H2,1-2H3,(H,12,17,18). The molecular weight excluding hydrogens is 274 g/mol. The molecule has 0 spiro atoms. The first-order valence-electron chi connectivity index (χ1n) is 5.60. The topological polar surface area (TPSA) is 97.3 Å². The quantitative estimate of drug-likeness (QED) is 0.766. The van der Waals surface area contributed by atoms with E-state index in [1.165, 1.54) is 4.90 Å². The molecule has 1 aromatic heterocycles. The van der Waals surface area contributed by atoms with Crippen LogP contribution in [0.5, 0.6) is 6.01 Å². The summed E-state index contributed by atoms with van der Waals surface area (Å²) in [5.74, 6) is -0.697. The third kappa shape index (κ3) is 3.50. The Balaban J connectivity index is 2.26. The van der Waals surface area contributed by atoms with Crippen molar-refractivity contribution in [2.24, 2.45) is 0 Å². The second-order valence-corrected chi connectivity index (χ2v) is 4.52. The van der Waals surface area contributed by atoms with Crippen molar-refractivity contribution < 1.29 is 14.3 Å². The number of aromatic nitrogens is 3. The molecule has 1 fully saturated rings. The summed E-state index contributed by atoms with van der Waals surface area (Å²) in [5, 5.41) is 2.13. The predicted octanol–water partition coefficient (Wildman–Crippen LogP) is -0.225. The lowest BCUT2D eigenvalue weighted by Crippen LogP contribution is -2.52. The van der Waals surface area contributed by atoms with Crippen molar-refractivity contribution >= 4 is 29.4 Å². The van der Waals surface area contributed by atoms with Gasteiger partial charge in [-0.25, -0.2) is 0 Å². The van der Waals surface area contributed by atoms with E-state index in [2.05, 4.69) is 20.3 Å². The van der Waals surface area contributed by atoms with Crippen molar-refractivity contribution in [3.05, 3.63) is 5.28 Å². The average Bonchev–Trinajstić information content (AvgIpc) is 2.25. The van der Waals surface area contributed by atoms with Gasteiger partial charge in [0.05, 0.1) is 6.10 Å². The number of nitrogens with zero attached hydrogens (tertiary/aromatic N) is 4. The number of nitrogens with one attached hydrogen (secondary N) is 1. The van der Waals surface area contributed by atoms with Crippen molar-refractivity contribution in [1.82, 2.24) is 20.3 Å². The van der Waals surface area contributed by atoms with Gasteiger partial charge in [0, 0.05) is 0 Å². The molecule has 1 aromatic rings. The molecule has 1 saturated heterocycles. The van der Waals surface area contributed by atoms with Crippen LogP contribution in [0.3, 0.4) is 0 Å². The first-order chi connectivity index (χ1) is 8.94. The van der Waals surface area contributed by atoms with Crippen molar-refractivity contribution in [3.63, 3.8) is 0 Å². The van der Waals surface area contributed by atoms with Crippen LogP contribution in [0.15, 0.2) is 0 Å². The number of hydrogen-bond donors (Lipinski definition) is 1. The Morgan fingerprint density at radius 3 is 2.42 bits per heavy atom. The number of anilines is 1. The third-order valence-electron chi connectivity index (χ3n) is 2.15. The van der Waals surface area contributed by atoms with Crippen LogP contribution in [0.1, 0.15) is 13.8 Å². The van der Waals surface area contributed by atoms with Crippen LogP contribution in [0.2, 0.25) is 5.28 Å². The van der Waals surface area contributed by atoms with Gasteiger partial charge < -0.3 is 9.64 Å². The second kappa shape index (κ2) is 5.35. The molecule has 2 amide bonds. The molecule has 0 unspecified atom stereocenters. The zero-order valence-corrected chi connectivity index (χ0v) is 11.1. The monoisotopic (exact) mass is 285 g/mol. The fourth-order valence-electron chi connectivity index (χ4n) is 1.51. The van der Waals surface area contributed by atoms with Gasteiger partial charge in [-0.2, -0.15) is 15.0 Å². The van der Waals surface area contributed by atoms with Gasteiger partial charge >= 0.3 is 6.01 Å². The molecule has 2 rings (SSSR count). The molecule has 0 aromatic carbocycles. The largest absolute Gasteiger partial charge is 0.461 e. The Bertz CT molecular complexity index is 506. The molecule has 1 aliphatic rings. The summed E-state index contributed by atoms with van der Waals surface area (Å²) in [5.41, 5.74) is 0.